The van der Waals surface area contributed by atoms with Gasteiger partial charge in [0.05, 0.1) is 4.91 Å². The molecule has 1 aliphatic heterocycles. The van der Waals surface area contributed by atoms with Crippen LogP contribution in [0.15, 0.2) is 35.2 Å². The van der Waals surface area contributed by atoms with E-state index in [0.717, 1.165) is 42.9 Å². The van der Waals surface area contributed by atoms with Crippen molar-refractivity contribution in [2.24, 2.45) is 0 Å². The van der Waals surface area contributed by atoms with Gasteiger partial charge in [0.25, 0.3) is 5.91 Å². The molecule has 3 rings (SSSR count). The summed E-state index contributed by atoms with van der Waals surface area (Å²) in [5, 5.41) is 8.93. The van der Waals surface area contributed by atoms with Crippen molar-refractivity contribution in [2.45, 2.75) is 13.8 Å². The summed E-state index contributed by atoms with van der Waals surface area (Å²) in [5.74, 6) is -1.44. The Kier molecular flexibility index (Phi) is 5.54. The second-order valence-corrected chi connectivity index (χ2v) is 8.72. The molecule has 5 nitrogen and oxygen atoms in total. The lowest BCUT2D eigenvalue weighted by Crippen LogP contribution is -2.33. The van der Waals surface area contributed by atoms with Gasteiger partial charge in [0.15, 0.2) is 0 Å². The molecule has 1 aromatic carbocycles. The third-order valence-electron chi connectivity index (χ3n) is 4.01. The average molecular weight is 498 g/mol. The Labute approximate surface area is 174 Å². The predicted octanol–water partition coefficient (Wildman–Crippen LogP) is 3.98. The minimum absolute atomic E-state index is 0.273. The first kappa shape index (κ1) is 19.1. The van der Waals surface area contributed by atoms with E-state index in [2.05, 4.69) is 39.3 Å². The summed E-state index contributed by atoms with van der Waals surface area (Å²) in [4.78, 5) is 24.9. The lowest BCUT2D eigenvalue weighted by atomic mass is 10.2. The smallest absolute Gasteiger partial charge is 0.323 e. The van der Waals surface area contributed by atoms with Gasteiger partial charge in [-0.3, -0.25) is 14.5 Å². The average Bonchev–Trinajstić information content (AvgIpc) is 2.99. The molecule has 1 saturated heterocycles. The lowest BCUT2D eigenvalue weighted by Gasteiger charge is -2.10. The summed E-state index contributed by atoms with van der Waals surface area (Å²) in [7, 11) is 0. The van der Waals surface area contributed by atoms with Crippen LogP contribution in [0.2, 0.25) is 0 Å². The first-order valence-corrected chi connectivity index (χ1v) is 10.0. The molecular weight excluding hydrogens is 483 g/mol. The maximum Gasteiger partial charge on any atom is 0.323 e. The van der Waals surface area contributed by atoms with Crippen molar-refractivity contribution >= 4 is 68.8 Å². The van der Waals surface area contributed by atoms with E-state index < -0.39 is 12.5 Å². The number of carbonyl (C=O) groups is 2. The van der Waals surface area contributed by atoms with Gasteiger partial charge < -0.3 is 9.67 Å². The predicted molar refractivity (Wildman–Crippen MR) is 115 cm³/mol. The number of carbonyl (C=O) groups excluding carboxylic acids is 1. The third-order valence-corrected chi connectivity index (χ3v) is 6.11. The Bertz CT molecular complexity index is 948. The number of aryl methyl sites for hydroxylation is 1. The van der Waals surface area contributed by atoms with Crippen LogP contribution in [-0.2, 0) is 9.59 Å². The first-order chi connectivity index (χ1) is 12.3. The monoisotopic (exact) mass is 498 g/mol. The summed E-state index contributed by atoms with van der Waals surface area (Å²) < 4.78 is 3.56. The summed E-state index contributed by atoms with van der Waals surface area (Å²) in [5.41, 5.74) is 4.03. The van der Waals surface area contributed by atoms with E-state index in [4.69, 9.17) is 17.3 Å². The fourth-order valence-electron chi connectivity index (χ4n) is 2.83. The molecule has 0 aliphatic carbocycles. The maximum absolute atomic E-state index is 12.4. The van der Waals surface area contributed by atoms with Gasteiger partial charge in [0, 0.05) is 20.6 Å². The fraction of sp³-hybridized carbons (Fsp3) is 0.167. The second-order valence-electron chi connectivity index (χ2n) is 5.80. The standard InChI is InChI=1S/C18H15IN2O3S2/c1-10-7-12(11(2)21(10)14-5-3-13(19)4-6-14)8-15-17(24)20(9-16(22)23)18(25)26-15/h3-8H,9H2,1-2H3,(H,22,23)/b15-8-. The summed E-state index contributed by atoms with van der Waals surface area (Å²) in [6.07, 6.45) is 1.78. The van der Waals surface area contributed by atoms with E-state index in [1.54, 1.807) is 6.08 Å². The van der Waals surface area contributed by atoms with E-state index in [1.165, 1.54) is 0 Å². The van der Waals surface area contributed by atoms with Crippen LogP contribution in [0.1, 0.15) is 17.0 Å². The first-order valence-electron chi connectivity index (χ1n) is 7.70. The van der Waals surface area contributed by atoms with E-state index in [0.29, 0.717) is 4.91 Å². The summed E-state index contributed by atoms with van der Waals surface area (Å²) in [6, 6.07) is 10.2. The van der Waals surface area contributed by atoms with E-state index >= 15 is 0 Å². The molecule has 1 amide bonds. The van der Waals surface area contributed by atoms with Crippen molar-refractivity contribution < 1.29 is 14.7 Å². The highest BCUT2D eigenvalue weighted by atomic mass is 127. The molecule has 0 saturated carbocycles. The number of nitrogens with zero attached hydrogens (tertiary/aromatic N) is 2. The Morgan fingerprint density at radius 3 is 2.58 bits per heavy atom. The summed E-state index contributed by atoms with van der Waals surface area (Å²) >= 11 is 8.54. The fourth-order valence-corrected chi connectivity index (χ4v) is 4.44. The van der Waals surface area contributed by atoms with E-state index in [1.807, 2.05) is 32.0 Å². The molecule has 26 heavy (non-hydrogen) atoms. The van der Waals surface area contributed by atoms with Crippen LogP contribution in [0.3, 0.4) is 0 Å². The molecule has 1 fully saturated rings. The van der Waals surface area contributed by atoms with Crippen molar-refractivity contribution in [1.82, 2.24) is 9.47 Å². The van der Waals surface area contributed by atoms with Gasteiger partial charge in [-0.2, -0.15) is 0 Å². The van der Waals surface area contributed by atoms with E-state index in [9.17, 15) is 9.59 Å². The van der Waals surface area contributed by atoms with Crippen molar-refractivity contribution in [3.05, 3.63) is 55.8 Å². The molecule has 134 valence electrons. The minimum Gasteiger partial charge on any atom is -0.480 e. The summed E-state index contributed by atoms with van der Waals surface area (Å²) in [6.45, 7) is 3.59. The molecule has 2 aromatic rings. The number of thioether (sulfide) groups is 1. The zero-order chi connectivity index (χ0) is 19.0. The molecule has 0 bridgehead atoms. The van der Waals surface area contributed by atoms with Gasteiger partial charge >= 0.3 is 5.97 Å². The molecule has 1 aromatic heterocycles. The number of aromatic nitrogens is 1. The highest BCUT2D eigenvalue weighted by Crippen LogP contribution is 2.33. The van der Waals surface area contributed by atoms with Gasteiger partial charge in [-0.1, -0.05) is 24.0 Å². The Morgan fingerprint density at radius 2 is 1.96 bits per heavy atom. The highest BCUT2D eigenvalue weighted by Gasteiger charge is 2.33. The Balaban J connectivity index is 1.96. The van der Waals surface area contributed by atoms with Crippen LogP contribution in [0.4, 0.5) is 0 Å². The molecule has 0 radical (unpaired) electrons. The number of benzene rings is 1. The van der Waals surface area contributed by atoms with Gasteiger partial charge in [-0.15, -0.1) is 0 Å². The van der Waals surface area contributed by atoms with Crippen LogP contribution in [0.5, 0.6) is 0 Å². The van der Waals surface area contributed by atoms with Gasteiger partial charge in [0.1, 0.15) is 10.9 Å². The Hall–Kier alpha value is -1.65. The van der Waals surface area contributed by atoms with E-state index in [-0.39, 0.29) is 10.2 Å². The SMILES string of the molecule is Cc1cc(/C=C2\SC(=S)N(CC(=O)O)C2=O)c(C)n1-c1ccc(I)cc1. The third kappa shape index (κ3) is 3.72. The molecule has 8 heteroatoms. The normalized spacial score (nSPS) is 16.0. The van der Waals surface area contributed by atoms with Gasteiger partial charge in [0.2, 0.25) is 0 Å². The molecule has 0 unspecified atom stereocenters. The second kappa shape index (κ2) is 7.53. The largest absolute Gasteiger partial charge is 0.480 e. The number of carboxylic acids is 1. The number of amides is 1. The zero-order valence-electron chi connectivity index (χ0n) is 14.0. The van der Waals surface area contributed by atoms with Crippen molar-refractivity contribution in [3.8, 4) is 5.69 Å². The number of thiocarbonyl (C=S) groups is 1. The minimum atomic E-state index is -1.08. The van der Waals surface area contributed by atoms with Crippen LogP contribution >= 0.6 is 46.6 Å². The number of hydrogen-bond acceptors (Lipinski definition) is 4. The number of rotatable bonds is 4. The zero-order valence-corrected chi connectivity index (χ0v) is 17.8. The van der Waals surface area contributed by atoms with Crippen LogP contribution in [-0.4, -0.2) is 37.3 Å². The topological polar surface area (TPSA) is 62.5 Å². The molecule has 1 aliphatic rings. The Morgan fingerprint density at radius 1 is 1.31 bits per heavy atom. The molecule has 0 atom stereocenters. The number of hydrogen-bond donors (Lipinski definition) is 1. The lowest BCUT2D eigenvalue weighted by molar-refractivity contribution is -0.140. The molecule has 1 N–H and O–H groups in total. The quantitative estimate of drug-likeness (QED) is 0.393. The highest BCUT2D eigenvalue weighted by molar-refractivity contribution is 14.1. The van der Waals surface area contributed by atoms with Crippen molar-refractivity contribution in [2.75, 3.05) is 6.54 Å². The number of aliphatic carboxylic acids is 1. The maximum atomic E-state index is 12.4. The van der Waals surface area contributed by atoms with Crippen LogP contribution in [0.25, 0.3) is 11.8 Å². The van der Waals surface area contributed by atoms with Gasteiger partial charge in [-0.25, -0.2) is 0 Å². The molecular formula is C18H15IN2O3S2. The molecule has 2 heterocycles. The van der Waals surface area contributed by atoms with Crippen LogP contribution < -0.4 is 0 Å². The number of carboxylic acid groups (broad SMARTS) is 1. The van der Waals surface area contributed by atoms with Crippen LogP contribution in [0, 0.1) is 17.4 Å². The van der Waals surface area contributed by atoms with Gasteiger partial charge in [-0.05, 0) is 78.4 Å². The van der Waals surface area contributed by atoms with Crippen molar-refractivity contribution in [3.63, 3.8) is 0 Å². The number of halogens is 1. The molecule has 0 spiro atoms. The van der Waals surface area contributed by atoms with Crippen molar-refractivity contribution in [1.29, 1.82) is 0 Å².